The van der Waals surface area contributed by atoms with Crippen LogP contribution in [0.15, 0.2) is 54.7 Å². The number of ether oxygens (including phenoxy) is 1. The number of carbonyl (C=O) groups is 2. The second kappa shape index (κ2) is 9.44. The van der Waals surface area contributed by atoms with Gasteiger partial charge in [-0.25, -0.2) is 9.97 Å². The van der Waals surface area contributed by atoms with Crippen molar-refractivity contribution in [1.82, 2.24) is 14.9 Å². The Morgan fingerprint density at radius 1 is 1.19 bits per heavy atom. The van der Waals surface area contributed by atoms with Gasteiger partial charge in [0.1, 0.15) is 11.8 Å². The Balaban J connectivity index is 2.12. The summed E-state index contributed by atoms with van der Waals surface area (Å²) in [6.45, 7) is 2.04. The summed E-state index contributed by atoms with van der Waals surface area (Å²) in [5.74, 6) is -0.908. The molecule has 0 saturated carbocycles. The molecule has 0 bridgehead atoms. The average molecular weight is 440 g/mol. The normalized spacial score (nSPS) is 11.6. The zero-order chi connectivity index (χ0) is 22.5. The summed E-state index contributed by atoms with van der Waals surface area (Å²) in [4.78, 5) is 35.2. The molecule has 9 heteroatoms. The van der Waals surface area contributed by atoms with E-state index in [4.69, 9.17) is 27.8 Å². The van der Waals surface area contributed by atoms with Crippen LogP contribution in [0.3, 0.4) is 0 Å². The summed E-state index contributed by atoms with van der Waals surface area (Å²) in [7, 11) is 1.51. The first-order valence-electron chi connectivity index (χ1n) is 9.38. The van der Waals surface area contributed by atoms with Crippen LogP contribution in [0, 0.1) is 6.92 Å². The number of rotatable bonds is 7. The number of hydrogen-bond acceptors (Lipinski definition) is 6. The number of hydrogen-bond donors (Lipinski definition) is 2. The van der Waals surface area contributed by atoms with Gasteiger partial charge in [-0.1, -0.05) is 53.6 Å². The Morgan fingerprint density at radius 2 is 1.90 bits per heavy atom. The SMILES string of the molecule is COc1cccc(C(C(N)=O)N(Cc2ccc(C)cc2)C(=O)c2nc(N)ncc2Cl)c1. The lowest BCUT2D eigenvalue weighted by Gasteiger charge is -2.30. The smallest absolute Gasteiger partial charge is 0.275 e. The predicted octanol–water partition coefficient (Wildman–Crippen LogP) is 2.90. The van der Waals surface area contributed by atoms with E-state index in [1.165, 1.54) is 18.2 Å². The van der Waals surface area contributed by atoms with Crippen LogP contribution in [-0.2, 0) is 11.3 Å². The fourth-order valence-electron chi connectivity index (χ4n) is 3.15. The number of halogens is 1. The molecule has 0 fully saturated rings. The Hall–Kier alpha value is -3.65. The van der Waals surface area contributed by atoms with E-state index in [1.807, 2.05) is 31.2 Å². The van der Waals surface area contributed by atoms with Crippen molar-refractivity contribution in [3.05, 3.63) is 82.1 Å². The summed E-state index contributed by atoms with van der Waals surface area (Å²) in [5.41, 5.74) is 13.7. The average Bonchev–Trinajstić information content (AvgIpc) is 2.76. The second-order valence-electron chi connectivity index (χ2n) is 6.92. The van der Waals surface area contributed by atoms with Crippen LogP contribution in [0.5, 0.6) is 5.75 Å². The van der Waals surface area contributed by atoms with Gasteiger partial charge in [-0.3, -0.25) is 9.59 Å². The number of aromatic nitrogens is 2. The number of nitrogens with zero attached hydrogens (tertiary/aromatic N) is 3. The van der Waals surface area contributed by atoms with Gasteiger partial charge in [0.15, 0.2) is 5.69 Å². The molecule has 3 rings (SSSR count). The highest BCUT2D eigenvalue weighted by Gasteiger charge is 2.33. The molecular formula is C22H22ClN5O3. The van der Waals surface area contributed by atoms with Gasteiger partial charge in [0.25, 0.3) is 5.91 Å². The van der Waals surface area contributed by atoms with E-state index >= 15 is 0 Å². The van der Waals surface area contributed by atoms with Crippen molar-refractivity contribution in [2.75, 3.05) is 12.8 Å². The van der Waals surface area contributed by atoms with Gasteiger partial charge < -0.3 is 21.1 Å². The van der Waals surface area contributed by atoms with E-state index in [9.17, 15) is 9.59 Å². The van der Waals surface area contributed by atoms with Gasteiger partial charge in [0.05, 0.1) is 18.3 Å². The molecule has 1 heterocycles. The molecule has 0 aliphatic rings. The molecule has 31 heavy (non-hydrogen) atoms. The molecule has 1 unspecified atom stereocenters. The zero-order valence-electron chi connectivity index (χ0n) is 17.1. The third-order valence-electron chi connectivity index (χ3n) is 4.69. The highest BCUT2D eigenvalue weighted by atomic mass is 35.5. The van der Waals surface area contributed by atoms with Gasteiger partial charge in [-0.05, 0) is 30.2 Å². The third-order valence-corrected chi connectivity index (χ3v) is 4.97. The topological polar surface area (TPSA) is 124 Å². The number of aryl methyl sites for hydroxylation is 1. The van der Waals surface area contributed by atoms with Gasteiger partial charge in [-0.2, -0.15) is 0 Å². The number of nitrogen functional groups attached to an aromatic ring is 1. The van der Waals surface area contributed by atoms with Crippen LogP contribution in [0.2, 0.25) is 5.02 Å². The first-order valence-corrected chi connectivity index (χ1v) is 9.75. The molecule has 2 amide bonds. The van der Waals surface area contributed by atoms with Crippen LogP contribution in [0.1, 0.15) is 33.2 Å². The first kappa shape index (κ1) is 22.0. The van der Waals surface area contributed by atoms with Gasteiger partial charge >= 0.3 is 0 Å². The van der Waals surface area contributed by atoms with Gasteiger partial charge in [-0.15, -0.1) is 0 Å². The van der Waals surface area contributed by atoms with E-state index in [2.05, 4.69) is 9.97 Å². The lowest BCUT2D eigenvalue weighted by Crippen LogP contribution is -2.42. The number of methoxy groups -OCH3 is 1. The number of benzene rings is 2. The monoisotopic (exact) mass is 439 g/mol. The molecule has 0 radical (unpaired) electrons. The minimum atomic E-state index is -1.10. The third kappa shape index (κ3) is 5.10. The second-order valence-corrected chi connectivity index (χ2v) is 7.33. The number of nitrogens with two attached hydrogens (primary N) is 2. The molecular weight excluding hydrogens is 418 g/mol. The fraction of sp³-hybridized carbons (Fsp3) is 0.182. The molecule has 4 N–H and O–H groups in total. The molecule has 160 valence electrons. The predicted molar refractivity (Wildman–Crippen MR) is 117 cm³/mol. The molecule has 0 spiro atoms. The van der Waals surface area contributed by atoms with Crippen LogP contribution in [-0.4, -0.2) is 33.8 Å². The van der Waals surface area contributed by atoms with Crippen molar-refractivity contribution >= 4 is 29.4 Å². The zero-order valence-corrected chi connectivity index (χ0v) is 17.8. The van der Waals surface area contributed by atoms with E-state index < -0.39 is 17.9 Å². The Morgan fingerprint density at radius 3 is 2.55 bits per heavy atom. The van der Waals surface area contributed by atoms with Gasteiger partial charge in [0, 0.05) is 6.54 Å². The highest BCUT2D eigenvalue weighted by molar-refractivity contribution is 6.33. The molecule has 0 aliphatic carbocycles. The lowest BCUT2D eigenvalue weighted by atomic mass is 10.0. The Labute approximate surface area is 184 Å². The Bertz CT molecular complexity index is 1100. The largest absolute Gasteiger partial charge is 0.497 e. The fourth-order valence-corrected chi connectivity index (χ4v) is 3.32. The van der Waals surface area contributed by atoms with Gasteiger partial charge in [0.2, 0.25) is 11.9 Å². The maximum atomic E-state index is 13.5. The molecule has 1 aromatic heterocycles. The van der Waals surface area contributed by atoms with Crippen molar-refractivity contribution in [2.45, 2.75) is 19.5 Å². The summed E-state index contributed by atoms with van der Waals surface area (Å²) < 4.78 is 5.26. The summed E-state index contributed by atoms with van der Waals surface area (Å²) in [5, 5.41) is 0.0157. The standard InChI is InChI=1S/C22H22ClN5O3/c1-13-6-8-14(9-7-13)12-28(21(30)18-17(23)11-26-22(25)27-18)19(20(24)29)15-4-3-5-16(10-15)31-2/h3-11,19H,12H2,1-2H3,(H2,24,29)(H2,25,26,27). The molecule has 2 aromatic carbocycles. The maximum Gasteiger partial charge on any atom is 0.275 e. The minimum absolute atomic E-state index is 0.0157. The van der Waals surface area contributed by atoms with Crippen LogP contribution in [0.4, 0.5) is 5.95 Å². The van der Waals surface area contributed by atoms with E-state index in [0.717, 1.165) is 11.1 Å². The quantitative estimate of drug-likeness (QED) is 0.583. The van der Waals surface area contributed by atoms with E-state index in [0.29, 0.717) is 11.3 Å². The number of carbonyl (C=O) groups excluding carboxylic acids is 2. The number of primary amides is 1. The maximum absolute atomic E-state index is 13.5. The van der Waals surface area contributed by atoms with Crippen molar-refractivity contribution in [3.63, 3.8) is 0 Å². The molecule has 8 nitrogen and oxygen atoms in total. The van der Waals surface area contributed by atoms with Crippen LogP contribution < -0.4 is 16.2 Å². The van der Waals surface area contributed by atoms with Crippen molar-refractivity contribution < 1.29 is 14.3 Å². The van der Waals surface area contributed by atoms with E-state index in [1.54, 1.807) is 24.3 Å². The van der Waals surface area contributed by atoms with Crippen LogP contribution in [0.25, 0.3) is 0 Å². The molecule has 0 aliphatic heterocycles. The van der Waals surface area contributed by atoms with Crippen molar-refractivity contribution in [1.29, 1.82) is 0 Å². The number of anilines is 1. The molecule has 0 saturated heterocycles. The van der Waals surface area contributed by atoms with Crippen LogP contribution >= 0.6 is 11.6 Å². The summed E-state index contributed by atoms with van der Waals surface area (Å²) in [6.07, 6.45) is 1.24. The highest BCUT2D eigenvalue weighted by Crippen LogP contribution is 2.29. The molecule has 3 aromatic rings. The number of amides is 2. The first-order chi connectivity index (χ1) is 14.8. The van der Waals surface area contributed by atoms with Crippen molar-refractivity contribution in [2.24, 2.45) is 5.73 Å². The summed E-state index contributed by atoms with van der Waals surface area (Å²) >= 11 is 6.17. The van der Waals surface area contributed by atoms with E-state index in [-0.39, 0.29) is 23.2 Å². The molecule has 1 atom stereocenters. The van der Waals surface area contributed by atoms with Crippen molar-refractivity contribution in [3.8, 4) is 5.75 Å². The summed E-state index contributed by atoms with van der Waals surface area (Å²) in [6, 6.07) is 13.3. The minimum Gasteiger partial charge on any atom is -0.497 e. The lowest BCUT2D eigenvalue weighted by molar-refractivity contribution is -0.122. The Kier molecular flexibility index (Phi) is 6.71.